The molecule has 1 aromatic heterocycles. The molecule has 0 fully saturated rings. The second-order valence-electron chi connectivity index (χ2n) is 11.3. The molecule has 10 aromatic carbocycles. The molecule has 0 saturated carbocycles. The quantitative estimate of drug-likeness (QED) is 0.134. The lowest BCUT2D eigenvalue weighted by Gasteiger charge is -2.19. The first kappa shape index (κ1) is 11.7. The highest BCUT2D eigenvalue weighted by Gasteiger charge is 2.19. The Labute approximate surface area is 336 Å². The van der Waals surface area contributed by atoms with Crippen LogP contribution < -0.4 is 0 Å². The number of hydrogen-bond donors (Lipinski definition) is 0. The van der Waals surface area contributed by atoms with Crippen molar-refractivity contribution in [2.75, 3.05) is 0 Å². The monoisotopic (exact) mass is 676 g/mol. The van der Waals surface area contributed by atoms with E-state index in [0.717, 1.165) is 0 Å². The summed E-state index contributed by atoms with van der Waals surface area (Å²) in [4.78, 5) is 0. The van der Waals surface area contributed by atoms with Crippen molar-refractivity contribution >= 4 is 75.8 Å². The SMILES string of the molecule is [2H]c1c([2H])c(-c2c3c([2H])c([2H])c([2H])c([2H])c3c(-c3c([2H])c4c([2H])c([2H])c([2H])c([2H])c4c4c([2H])c([2H])c([2H])c([2H])c34)c3c([2H])c([2H])c([2H])c([2H])c23)c([2H])c([2H])c1-c1c([2H])c([2H])c2oc3c4c([2H])c([2H])c([2H])c([2H])c4c([2H])c([2H])c3c2c1[2H]. The van der Waals surface area contributed by atoms with Crippen molar-refractivity contribution in [3.05, 3.63) is 181 Å². The van der Waals surface area contributed by atoms with Gasteiger partial charge in [0, 0.05) is 16.2 Å². The molecule has 51 heavy (non-hydrogen) atoms. The van der Waals surface area contributed by atoms with Crippen LogP contribution in [0.3, 0.4) is 0 Å². The lowest BCUT2D eigenvalue weighted by molar-refractivity contribution is 0.672. The highest BCUT2D eigenvalue weighted by Crippen LogP contribution is 2.47. The minimum atomic E-state index is -1.14. The average Bonchev–Trinajstić information content (AvgIpc) is 4.03. The number of fused-ring (bicyclic) bond motifs is 10. The van der Waals surface area contributed by atoms with Gasteiger partial charge in [-0.1, -0.05) is 157 Å². The summed E-state index contributed by atoms with van der Waals surface area (Å²) in [6.07, 6.45) is 0. The molecule has 0 spiro atoms. The van der Waals surface area contributed by atoms with Crippen molar-refractivity contribution in [2.24, 2.45) is 0 Å². The first-order valence-corrected chi connectivity index (χ1v) is 15.2. The molecule has 0 saturated heterocycles. The van der Waals surface area contributed by atoms with E-state index >= 15 is 0 Å². The molecule has 0 amide bonds. The Bertz CT molecular complexity index is 4820. The van der Waals surface area contributed by atoms with Crippen LogP contribution in [-0.4, -0.2) is 0 Å². The molecule has 11 aromatic rings. The highest BCUT2D eigenvalue weighted by atomic mass is 16.3. The van der Waals surface area contributed by atoms with Crippen molar-refractivity contribution < 1.29 is 45.5 Å². The fourth-order valence-corrected chi connectivity index (χ4v) is 6.38. The van der Waals surface area contributed by atoms with Gasteiger partial charge in [-0.05, 0) is 106 Å². The smallest absolute Gasteiger partial charge is 0.143 e. The van der Waals surface area contributed by atoms with E-state index in [1.165, 1.54) is 0 Å². The summed E-state index contributed by atoms with van der Waals surface area (Å²) in [5.74, 6) is 0. The fraction of sp³-hybridized carbons (Fsp3) is 0. The lowest BCUT2D eigenvalue weighted by atomic mass is 9.83. The molecule has 0 atom stereocenters. The normalized spacial score (nSPS) is 20.2. The molecular weight excluding hydrogens is 617 g/mol. The molecule has 0 aliphatic carbocycles. The van der Waals surface area contributed by atoms with E-state index in [1.807, 2.05) is 0 Å². The molecule has 1 nitrogen and oxygen atoms in total. The van der Waals surface area contributed by atoms with Crippen LogP contribution in [0.25, 0.3) is 109 Å². The van der Waals surface area contributed by atoms with E-state index in [0.29, 0.717) is 0 Å². The van der Waals surface area contributed by atoms with Gasteiger partial charge in [-0.2, -0.15) is 0 Å². The third-order valence-corrected chi connectivity index (χ3v) is 8.56. The van der Waals surface area contributed by atoms with Gasteiger partial charge >= 0.3 is 0 Å². The van der Waals surface area contributed by atoms with E-state index in [2.05, 4.69) is 0 Å². The van der Waals surface area contributed by atoms with Crippen LogP contribution in [0.15, 0.2) is 186 Å². The topological polar surface area (TPSA) is 13.1 Å². The van der Waals surface area contributed by atoms with Gasteiger partial charge in [0.1, 0.15) is 11.2 Å². The van der Waals surface area contributed by atoms with Crippen molar-refractivity contribution in [2.45, 2.75) is 0 Å². The molecule has 1 heteroatoms. The van der Waals surface area contributed by atoms with Gasteiger partial charge in [0.2, 0.25) is 0 Å². The van der Waals surface area contributed by atoms with Crippen molar-refractivity contribution in [1.82, 2.24) is 0 Å². The molecule has 0 bridgehead atoms. The first-order chi connectivity index (χ1) is 37.8. The van der Waals surface area contributed by atoms with Crippen LogP contribution in [0.4, 0.5) is 0 Å². The van der Waals surface area contributed by atoms with Gasteiger partial charge in [0.15, 0.2) is 0 Å². The summed E-state index contributed by atoms with van der Waals surface area (Å²) in [7, 11) is 0. The molecule has 0 unspecified atom stereocenters. The van der Waals surface area contributed by atoms with E-state index < -0.39 is 290 Å². The molecular formula is C50H30O. The Hall–Kier alpha value is -6.70. The predicted octanol–water partition coefficient (Wildman–Crippen LogP) is 14.4. The second kappa shape index (κ2) is 10.9. The Kier molecular flexibility index (Phi) is 2.50. The number of rotatable bonds is 3. The molecule has 236 valence electrons. The van der Waals surface area contributed by atoms with Crippen molar-refractivity contribution in [3.8, 4) is 33.4 Å². The van der Waals surface area contributed by atoms with Gasteiger partial charge < -0.3 is 4.42 Å². The molecule has 0 N–H and O–H groups in total. The van der Waals surface area contributed by atoms with Crippen LogP contribution in [0.1, 0.15) is 41.1 Å². The minimum absolute atomic E-state index is 0.403. The summed E-state index contributed by atoms with van der Waals surface area (Å²) in [5, 5.41) is -7.48. The van der Waals surface area contributed by atoms with E-state index in [-0.39, 0.29) is 0 Å². The van der Waals surface area contributed by atoms with Crippen LogP contribution in [0, 0.1) is 0 Å². The van der Waals surface area contributed by atoms with Gasteiger partial charge in [-0.15, -0.1) is 0 Å². The lowest BCUT2D eigenvalue weighted by Crippen LogP contribution is -1.92. The van der Waals surface area contributed by atoms with Gasteiger partial charge in [-0.3, -0.25) is 0 Å². The molecule has 1 heterocycles. The Morgan fingerprint density at radius 3 is 1.55 bits per heavy atom. The van der Waals surface area contributed by atoms with Gasteiger partial charge in [-0.25, -0.2) is 0 Å². The Morgan fingerprint density at radius 2 is 0.843 bits per heavy atom. The molecule has 0 aliphatic rings. The van der Waals surface area contributed by atoms with Gasteiger partial charge in [0.25, 0.3) is 0 Å². The highest BCUT2D eigenvalue weighted by molar-refractivity contribution is 6.26. The zero-order chi connectivity index (χ0) is 59.6. The number of benzene rings is 10. The Balaban J connectivity index is 1.36. The summed E-state index contributed by atoms with van der Waals surface area (Å²) in [6.45, 7) is 0. The third-order valence-electron chi connectivity index (χ3n) is 8.56. The molecule has 0 aliphatic heterocycles. The number of hydrogen-bond acceptors (Lipinski definition) is 1. The van der Waals surface area contributed by atoms with E-state index in [4.69, 9.17) is 29.1 Å². The largest absolute Gasteiger partial charge is 0.455 e. The maximum absolute atomic E-state index is 9.83. The third kappa shape index (κ3) is 4.22. The van der Waals surface area contributed by atoms with Crippen molar-refractivity contribution in [3.63, 3.8) is 0 Å². The van der Waals surface area contributed by atoms with Crippen molar-refractivity contribution in [1.29, 1.82) is 0 Å². The van der Waals surface area contributed by atoms with E-state index in [9.17, 15) is 16.4 Å². The van der Waals surface area contributed by atoms with Crippen LogP contribution in [-0.2, 0) is 0 Å². The fourth-order valence-electron chi connectivity index (χ4n) is 6.38. The van der Waals surface area contributed by atoms with Gasteiger partial charge in [0.05, 0.1) is 41.1 Å². The summed E-state index contributed by atoms with van der Waals surface area (Å²) in [6, 6.07) is -28.1. The average molecular weight is 677 g/mol. The van der Waals surface area contributed by atoms with Crippen LogP contribution in [0.2, 0.25) is 0 Å². The minimum Gasteiger partial charge on any atom is -0.455 e. The number of furan rings is 1. The van der Waals surface area contributed by atoms with Crippen LogP contribution in [0.5, 0.6) is 0 Å². The molecule has 11 rings (SSSR count). The predicted molar refractivity (Wildman–Crippen MR) is 218 cm³/mol. The summed E-state index contributed by atoms with van der Waals surface area (Å²) >= 11 is 0. The first-order valence-electron chi connectivity index (χ1n) is 30.2. The Morgan fingerprint density at radius 1 is 0.314 bits per heavy atom. The zero-order valence-electron chi connectivity index (χ0n) is 55.4. The second-order valence-corrected chi connectivity index (χ2v) is 11.3. The standard InChI is InChI=1S/C50H30O/c1-4-14-37-32(11-1)25-27-44-45-29-34(26-28-47(45)51-50(37)44)31-21-23-33(24-22-31)48-40-17-7-9-19-42(40)49(43-20-10-8-18-41(43)48)46-30-35-12-2-3-13-36(35)38-15-5-6-16-39(38)46/h1-30H/i1D,2D,3D,4D,5D,6D,7D,8D,9D,10D,11D,12D,13D,14D,15D,16D,17D,18D,19D,20D,21D,22D,23D,24D,25D,26D,27D,28D,29D,30D. The van der Waals surface area contributed by atoms with E-state index in [1.54, 1.807) is 0 Å². The maximum atomic E-state index is 9.83. The summed E-state index contributed by atoms with van der Waals surface area (Å²) in [5.41, 5.74) is -5.94. The molecule has 0 radical (unpaired) electrons. The van der Waals surface area contributed by atoms with Crippen LogP contribution >= 0.6 is 0 Å². The maximum Gasteiger partial charge on any atom is 0.143 e. The zero-order valence-corrected chi connectivity index (χ0v) is 25.4. The summed E-state index contributed by atoms with van der Waals surface area (Å²) < 4.78 is 278.